The molecule has 0 amide bonds. The smallest absolute Gasteiger partial charge is 0.133 e. The van der Waals surface area contributed by atoms with Crippen LogP contribution in [0.25, 0.3) is 10.6 Å². The summed E-state index contributed by atoms with van der Waals surface area (Å²) in [5.41, 5.74) is 1.74. The molecule has 2 nitrogen and oxygen atoms in total. The SMILES string of the molecule is CC(C)Cc1nc(-c2ccccc2F)sc1CNC1CC1. The first-order valence-corrected chi connectivity index (χ1v) is 8.42. The summed E-state index contributed by atoms with van der Waals surface area (Å²) in [5.74, 6) is 0.365. The molecule has 3 rings (SSSR count). The van der Waals surface area contributed by atoms with Crippen molar-refractivity contribution in [3.63, 3.8) is 0 Å². The Balaban J connectivity index is 1.88. The Kier molecular flexibility index (Phi) is 4.36. The second kappa shape index (κ2) is 6.24. The maximum Gasteiger partial charge on any atom is 0.133 e. The molecule has 1 aliphatic carbocycles. The molecule has 1 aromatic carbocycles. The van der Waals surface area contributed by atoms with E-state index in [2.05, 4.69) is 19.2 Å². The van der Waals surface area contributed by atoms with E-state index in [0.29, 0.717) is 17.5 Å². The van der Waals surface area contributed by atoms with Gasteiger partial charge in [-0.3, -0.25) is 0 Å². The Hall–Kier alpha value is -1.26. The second-order valence-corrected chi connectivity index (χ2v) is 7.21. The molecule has 1 heterocycles. The molecular formula is C17H21FN2S. The number of rotatable bonds is 6. The van der Waals surface area contributed by atoms with Gasteiger partial charge in [-0.1, -0.05) is 26.0 Å². The van der Waals surface area contributed by atoms with Crippen LogP contribution in [0.2, 0.25) is 0 Å². The zero-order valence-corrected chi connectivity index (χ0v) is 13.3. The first kappa shape index (κ1) is 14.7. The average Bonchev–Trinajstić information content (AvgIpc) is 3.19. The van der Waals surface area contributed by atoms with Crippen LogP contribution in [-0.4, -0.2) is 11.0 Å². The van der Waals surface area contributed by atoms with Gasteiger partial charge in [-0.15, -0.1) is 11.3 Å². The quantitative estimate of drug-likeness (QED) is 0.855. The molecular weight excluding hydrogens is 283 g/mol. The van der Waals surface area contributed by atoms with Crippen LogP contribution < -0.4 is 5.32 Å². The maximum absolute atomic E-state index is 14.0. The van der Waals surface area contributed by atoms with Crippen LogP contribution in [0.3, 0.4) is 0 Å². The minimum absolute atomic E-state index is 0.191. The highest BCUT2D eigenvalue weighted by molar-refractivity contribution is 7.15. The number of thiazole rings is 1. The van der Waals surface area contributed by atoms with E-state index >= 15 is 0 Å². The summed E-state index contributed by atoms with van der Waals surface area (Å²) < 4.78 is 14.0. The third-order valence-electron chi connectivity index (χ3n) is 3.61. The Morgan fingerprint density at radius 1 is 1.33 bits per heavy atom. The molecule has 112 valence electrons. The Bertz CT molecular complexity index is 617. The first-order chi connectivity index (χ1) is 10.1. The maximum atomic E-state index is 14.0. The van der Waals surface area contributed by atoms with E-state index in [1.165, 1.54) is 23.8 Å². The summed E-state index contributed by atoms with van der Waals surface area (Å²) in [5, 5.41) is 4.34. The van der Waals surface area contributed by atoms with Gasteiger partial charge in [0.15, 0.2) is 0 Å². The minimum Gasteiger partial charge on any atom is -0.309 e. The number of aromatic nitrogens is 1. The normalized spacial score (nSPS) is 14.9. The topological polar surface area (TPSA) is 24.9 Å². The van der Waals surface area contributed by atoms with Gasteiger partial charge in [0, 0.05) is 23.0 Å². The van der Waals surface area contributed by atoms with Gasteiger partial charge in [0.2, 0.25) is 0 Å². The lowest BCUT2D eigenvalue weighted by Gasteiger charge is -2.05. The second-order valence-electron chi connectivity index (χ2n) is 6.12. The van der Waals surface area contributed by atoms with Crippen LogP contribution in [0.15, 0.2) is 24.3 Å². The molecule has 0 spiro atoms. The highest BCUT2D eigenvalue weighted by Crippen LogP contribution is 2.31. The number of hydrogen-bond acceptors (Lipinski definition) is 3. The molecule has 0 atom stereocenters. The van der Waals surface area contributed by atoms with E-state index in [-0.39, 0.29) is 5.82 Å². The van der Waals surface area contributed by atoms with Crippen molar-refractivity contribution in [2.75, 3.05) is 0 Å². The summed E-state index contributed by atoms with van der Waals surface area (Å²) in [6.45, 7) is 5.25. The Morgan fingerprint density at radius 2 is 2.10 bits per heavy atom. The summed E-state index contributed by atoms with van der Waals surface area (Å²) in [6, 6.07) is 7.57. The van der Waals surface area contributed by atoms with Gasteiger partial charge in [0.1, 0.15) is 10.8 Å². The van der Waals surface area contributed by atoms with Gasteiger partial charge >= 0.3 is 0 Å². The molecule has 2 aromatic rings. The van der Waals surface area contributed by atoms with E-state index in [9.17, 15) is 4.39 Å². The molecule has 1 saturated carbocycles. The number of nitrogens with one attached hydrogen (secondary N) is 1. The molecule has 0 unspecified atom stereocenters. The molecule has 0 radical (unpaired) electrons. The van der Waals surface area contributed by atoms with Gasteiger partial charge in [0.05, 0.1) is 5.69 Å². The molecule has 0 aliphatic heterocycles. The molecule has 1 aromatic heterocycles. The lowest BCUT2D eigenvalue weighted by Crippen LogP contribution is -2.15. The lowest BCUT2D eigenvalue weighted by atomic mass is 10.1. The highest BCUT2D eigenvalue weighted by atomic mass is 32.1. The van der Waals surface area contributed by atoms with Gasteiger partial charge in [-0.05, 0) is 37.3 Å². The van der Waals surface area contributed by atoms with E-state index in [1.54, 1.807) is 17.4 Å². The predicted octanol–water partition coefficient (Wildman–Crippen LogP) is 4.40. The van der Waals surface area contributed by atoms with E-state index in [0.717, 1.165) is 23.7 Å². The summed E-state index contributed by atoms with van der Waals surface area (Å²) in [7, 11) is 0. The van der Waals surface area contributed by atoms with E-state index in [4.69, 9.17) is 4.98 Å². The van der Waals surface area contributed by atoms with E-state index < -0.39 is 0 Å². The third-order valence-corrected chi connectivity index (χ3v) is 4.74. The van der Waals surface area contributed by atoms with Gasteiger partial charge in [-0.25, -0.2) is 9.37 Å². The number of hydrogen-bond donors (Lipinski definition) is 1. The number of nitrogens with zero attached hydrogens (tertiary/aromatic N) is 1. The monoisotopic (exact) mass is 304 g/mol. The predicted molar refractivity (Wildman–Crippen MR) is 85.9 cm³/mol. The zero-order chi connectivity index (χ0) is 14.8. The Morgan fingerprint density at radius 3 is 2.76 bits per heavy atom. The van der Waals surface area contributed by atoms with Gasteiger partial charge in [-0.2, -0.15) is 0 Å². The van der Waals surface area contributed by atoms with Crippen molar-refractivity contribution in [1.82, 2.24) is 10.3 Å². The van der Waals surface area contributed by atoms with Crippen molar-refractivity contribution in [2.45, 2.75) is 45.7 Å². The van der Waals surface area contributed by atoms with Crippen LogP contribution >= 0.6 is 11.3 Å². The van der Waals surface area contributed by atoms with Crippen LogP contribution in [-0.2, 0) is 13.0 Å². The highest BCUT2D eigenvalue weighted by Gasteiger charge is 2.22. The zero-order valence-electron chi connectivity index (χ0n) is 12.5. The molecule has 1 N–H and O–H groups in total. The van der Waals surface area contributed by atoms with Crippen molar-refractivity contribution in [2.24, 2.45) is 5.92 Å². The fraction of sp³-hybridized carbons (Fsp3) is 0.471. The van der Waals surface area contributed by atoms with Gasteiger partial charge < -0.3 is 5.32 Å². The fourth-order valence-electron chi connectivity index (χ4n) is 2.34. The molecule has 0 saturated heterocycles. The van der Waals surface area contributed by atoms with E-state index in [1.807, 2.05) is 12.1 Å². The van der Waals surface area contributed by atoms with Crippen molar-refractivity contribution < 1.29 is 4.39 Å². The molecule has 4 heteroatoms. The lowest BCUT2D eigenvalue weighted by molar-refractivity contribution is 0.622. The first-order valence-electron chi connectivity index (χ1n) is 7.60. The molecule has 1 fully saturated rings. The van der Waals surface area contributed by atoms with Crippen molar-refractivity contribution in [3.8, 4) is 10.6 Å². The molecule has 1 aliphatic rings. The van der Waals surface area contributed by atoms with Crippen LogP contribution in [0.1, 0.15) is 37.3 Å². The van der Waals surface area contributed by atoms with Gasteiger partial charge in [0.25, 0.3) is 0 Å². The fourth-order valence-corrected chi connectivity index (χ4v) is 3.41. The summed E-state index contributed by atoms with van der Waals surface area (Å²) >= 11 is 1.62. The standard InChI is InChI=1S/C17H21FN2S/c1-11(2)9-15-16(10-19-12-7-8-12)21-17(20-15)13-5-3-4-6-14(13)18/h3-6,11-12,19H,7-10H2,1-2H3. The van der Waals surface area contributed by atoms with Crippen molar-refractivity contribution in [1.29, 1.82) is 0 Å². The third kappa shape index (κ3) is 3.69. The summed E-state index contributed by atoms with van der Waals surface area (Å²) in [6.07, 6.45) is 3.50. The summed E-state index contributed by atoms with van der Waals surface area (Å²) in [4.78, 5) is 5.98. The van der Waals surface area contributed by atoms with Crippen molar-refractivity contribution in [3.05, 3.63) is 40.7 Å². The number of halogens is 1. The molecule has 21 heavy (non-hydrogen) atoms. The average molecular weight is 304 g/mol. The number of benzene rings is 1. The van der Waals surface area contributed by atoms with Crippen molar-refractivity contribution >= 4 is 11.3 Å². The minimum atomic E-state index is -0.191. The molecule has 0 bridgehead atoms. The Labute approximate surface area is 129 Å². The van der Waals surface area contributed by atoms with Crippen LogP contribution in [0, 0.1) is 11.7 Å². The van der Waals surface area contributed by atoms with Crippen LogP contribution in [0.4, 0.5) is 4.39 Å². The van der Waals surface area contributed by atoms with Crippen LogP contribution in [0.5, 0.6) is 0 Å². The largest absolute Gasteiger partial charge is 0.309 e.